The summed E-state index contributed by atoms with van der Waals surface area (Å²) in [7, 11) is 0. The Morgan fingerprint density at radius 1 is 1.17 bits per heavy atom. The number of aliphatic hydroxyl groups is 1. The maximum Gasteiger partial charge on any atom is 0.193 e. The van der Waals surface area contributed by atoms with Gasteiger partial charge in [0, 0.05) is 31.3 Å². The van der Waals surface area contributed by atoms with Crippen molar-refractivity contribution >= 4 is 11.6 Å². The number of guanidine groups is 1. The summed E-state index contributed by atoms with van der Waals surface area (Å²) >= 11 is 0. The van der Waals surface area contributed by atoms with E-state index in [0.717, 1.165) is 42.9 Å². The summed E-state index contributed by atoms with van der Waals surface area (Å²) in [6.45, 7) is 2.21. The molecular weight excluding hydrogens is 306 g/mol. The fraction of sp³-hybridized carbons (Fsp3) is 0.611. The zero-order chi connectivity index (χ0) is 16.8. The van der Waals surface area contributed by atoms with E-state index in [9.17, 15) is 5.11 Å². The number of benzene rings is 1. The summed E-state index contributed by atoms with van der Waals surface area (Å²) in [5.41, 5.74) is 7.00. The van der Waals surface area contributed by atoms with Crippen LogP contribution in [0.5, 0.6) is 11.5 Å². The zero-order valence-corrected chi connectivity index (χ0v) is 14.1. The van der Waals surface area contributed by atoms with Crippen LogP contribution in [0.1, 0.15) is 38.5 Å². The molecule has 2 aliphatic rings. The van der Waals surface area contributed by atoms with Crippen molar-refractivity contribution in [2.24, 2.45) is 16.1 Å². The minimum Gasteiger partial charge on any atom is -0.490 e. The number of rotatable bonds is 5. The number of ether oxygens (including phenoxy) is 2. The predicted octanol–water partition coefficient (Wildman–Crippen LogP) is 2.52. The van der Waals surface area contributed by atoms with Crippen molar-refractivity contribution in [3.05, 3.63) is 18.2 Å². The molecule has 1 aliphatic heterocycles. The molecule has 4 N–H and O–H groups in total. The first-order valence-electron chi connectivity index (χ1n) is 8.78. The van der Waals surface area contributed by atoms with E-state index in [0.29, 0.717) is 25.7 Å². The second-order valence-electron chi connectivity index (χ2n) is 6.72. The molecule has 1 aromatic rings. The lowest BCUT2D eigenvalue weighted by Gasteiger charge is -2.26. The van der Waals surface area contributed by atoms with Gasteiger partial charge in [0.15, 0.2) is 17.5 Å². The van der Waals surface area contributed by atoms with Crippen LogP contribution in [0.4, 0.5) is 5.69 Å². The van der Waals surface area contributed by atoms with Gasteiger partial charge in [-0.25, -0.2) is 0 Å². The first kappa shape index (κ1) is 16.9. The number of nitrogens with zero attached hydrogens (tertiary/aromatic N) is 1. The van der Waals surface area contributed by atoms with Gasteiger partial charge in [-0.15, -0.1) is 0 Å². The lowest BCUT2D eigenvalue weighted by molar-refractivity contribution is 0.191. The predicted molar refractivity (Wildman–Crippen MR) is 94.8 cm³/mol. The molecule has 24 heavy (non-hydrogen) atoms. The number of aliphatic hydroxyl groups excluding tert-OH is 1. The largest absolute Gasteiger partial charge is 0.490 e. The Bertz CT molecular complexity index is 583. The normalized spacial score (nSPS) is 19.8. The van der Waals surface area contributed by atoms with Gasteiger partial charge < -0.3 is 25.6 Å². The van der Waals surface area contributed by atoms with Gasteiger partial charge in [-0.2, -0.15) is 0 Å². The van der Waals surface area contributed by atoms with E-state index >= 15 is 0 Å². The average Bonchev–Trinajstić information content (AvgIpc) is 2.91. The minimum atomic E-state index is 0.117. The fourth-order valence-corrected chi connectivity index (χ4v) is 3.53. The molecule has 1 aliphatic carbocycles. The van der Waals surface area contributed by atoms with Gasteiger partial charge >= 0.3 is 0 Å². The maximum absolute atomic E-state index is 9.31. The Balaban J connectivity index is 1.63. The summed E-state index contributed by atoms with van der Waals surface area (Å²) < 4.78 is 11.3. The molecule has 1 saturated carbocycles. The fourth-order valence-electron chi connectivity index (χ4n) is 3.53. The van der Waals surface area contributed by atoms with Crippen molar-refractivity contribution in [1.82, 2.24) is 0 Å². The molecule has 1 heterocycles. The van der Waals surface area contributed by atoms with Gasteiger partial charge in [0.25, 0.3) is 0 Å². The number of nitrogens with two attached hydrogens (primary N) is 1. The highest BCUT2D eigenvalue weighted by Crippen LogP contribution is 2.41. The van der Waals surface area contributed by atoms with E-state index in [-0.39, 0.29) is 12.0 Å². The van der Waals surface area contributed by atoms with Crippen molar-refractivity contribution in [3.63, 3.8) is 0 Å². The molecular formula is C18H27N3O3. The summed E-state index contributed by atoms with van der Waals surface area (Å²) in [4.78, 5) is 4.52. The van der Waals surface area contributed by atoms with Gasteiger partial charge in [-0.3, -0.25) is 4.99 Å². The highest BCUT2D eigenvalue weighted by atomic mass is 16.5. The third-order valence-corrected chi connectivity index (χ3v) is 4.91. The quantitative estimate of drug-likeness (QED) is 0.569. The van der Waals surface area contributed by atoms with Crippen molar-refractivity contribution in [2.75, 3.05) is 31.7 Å². The second kappa shape index (κ2) is 7.75. The van der Waals surface area contributed by atoms with Gasteiger partial charge in [-0.05, 0) is 36.8 Å². The van der Waals surface area contributed by atoms with Crippen LogP contribution in [0.25, 0.3) is 0 Å². The van der Waals surface area contributed by atoms with Crippen molar-refractivity contribution in [1.29, 1.82) is 0 Å². The van der Waals surface area contributed by atoms with E-state index in [1.807, 2.05) is 18.2 Å². The summed E-state index contributed by atoms with van der Waals surface area (Å²) in [6.07, 6.45) is 6.35. The van der Waals surface area contributed by atoms with E-state index in [1.165, 1.54) is 12.8 Å². The van der Waals surface area contributed by atoms with Crippen molar-refractivity contribution in [2.45, 2.75) is 38.5 Å². The number of aliphatic imine (C=N–C) groups is 1. The summed E-state index contributed by atoms with van der Waals surface area (Å²) in [5, 5.41) is 12.4. The molecule has 6 heteroatoms. The topological polar surface area (TPSA) is 89.1 Å². The molecule has 0 saturated heterocycles. The molecule has 0 atom stereocenters. The Labute approximate surface area is 143 Å². The number of fused-ring (bicyclic) bond motifs is 1. The standard InChI is InChI=1S/C18H27N3O3/c19-17(20-13-18(8-9-22)6-1-2-7-18)21-14-4-5-15-16(12-14)24-11-3-10-23-15/h4-5,12,22H,1-3,6-11,13H2,(H3,19,20,21). The minimum absolute atomic E-state index is 0.117. The van der Waals surface area contributed by atoms with Crippen LogP contribution in [0, 0.1) is 5.41 Å². The first-order chi connectivity index (χ1) is 11.7. The number of hydrogen-bond donors (Lipinski definition) is 3. The molecule has 132 valence electrons. The van der Waals surface area contributed by atoms with Crippen LogP contribution in [-0.2, 0) is 0 Å². The molecule has 0 amide bonds. The Morgan fingerprint density at radius 3 is 2.67 bits per heavy atom. The highest BCUT2D eigenvalue weighted by Gasteiger charge is 2.33. The van der Waals surface area contributed by atoms with Gasteiger partial charge in [0.1, 0.15) is 0 Å². The second-order valence-corrected chi connectivity index (χ2v) is 6.72. The monoisotopic (exact) mass is 333 g/mol. The molecule has 0 unspecified atom stereocenters. The van der Waals surface area contributed by atoms with Crippen LogP contribution >= 0.6 is 0 Å². The van der Waals surface area contributed by atoms with Crippen LogP contribution in [0.3, 0.4) is 0 Å². The third kappa shape index (κ3) is 4.12. The molecule has 6 nitrogen and oxygen atoms in total. The first-order valence-corrected chi connectivity index (χ1v) is 8.78. The Hall–Kier alpha value is -1.95. The average molecular weight is 333 g/mol. The number of anilines is 1. The van der Waals surface area contributed by atoms with Crippen LogP contribution in [0.2, 0.25) is 0 Å². The number of nitrogens with one attached hydrogen (secondary N) is 1. The summed E-state index contributed by atoms with van der Waals surface area (Å²) in [6, 6.07) is 5.69. The van der Waals surface area contributed by atoms with E-state index in [1.54, 1.807) is 0 Å². The van der Waals surface area contributed by atoms with Gasteiger partial charge in [0.05, 0.1) is 13.2 Å². The SMILES string of the molecule is NC(=NCC1(CCO)CCCC1)Nc1ccc2c(c1)OCCCO2. The maximum atomic E-state index is 9.31. The Morgan fingerprint density at radius 2 is 1.92 bits per heavy atom. The molecule has 0 spiro atoms. The van der Waals surface area contributed by atoms with Crippen LogP contribution in [0.15, 0.2) is 23.2 Å². The molecule has 0 radical (unpaired) electrons. The van der Waals surface area contributed by atoms with Crippen molar-refractivity contribution in [3.8, 4) is 11.5 Å². The molecule has 0 aromatic heterocycles. The highest BCUT2D eigenvalue weighted by molar-refractivity contribution is 5.92. The summed E-state index contributed by atoms with van der Waals surface area (Å²) in [5.74, 6) is 1.90. The molecule has 0 bridgehead atoms. The van der Waals surface area contributed by atoms with Crippen LogP contribution in [-0.4, -0.2) is 37.4 Å². The van der Waals surface area contributed by atoms with E-state index < -0.39 is 0 Å². The van der Waals surface area contributed by atoms with E-state index in [4.69, 9.17) is 15.2 Å². The number of hydrogen-bond acceptors (Lipinski definition) is 4. The third-order valence-electron chi connectivity index (χ3n) is 4.91. The molecule has 1 fully saturated rings. The lowest BCUT2D eigenvalue weighted by atomic mass is 9.83. The van der Waals surface area contributed by atoms with Crippen molar-refractivity contribution < 1.29 is 14.6 Å². The lowest BCUT2D eigenvalue weighted by Crippen LogP contribution is -2.28. The Kier molecular flexibility index (Phi) is 5.45. The van der Waals surface area contributed by atoms with Gasteiger partial charge in [0.2, 0.25) is 0 Å². The molecule has 3 rings (SSSR count). The van der Waals surface area contributed by atoms with E-state index in [2.05, 4.69) is 10.3 Å². The van der Waals surface area contributed by atoms with Crippen LogP contribution < -0.4 is 20.5 Å². The smallest absolute Gasteiger partial charge is 0.193 e. The molecule has 1 aromatic carbocycles. The zero-order valence-electron chi connectivity index (χ0n) is 14.1. The van der Waals surface area contributed by atoms with Gasteiger partial charge in [-0.1, -0.05) is 12.8 Å².